The minimum absolute atomic E-state index is 0.396. The molecule has 0 bridgehead atoms. The van der Waals surface area contributed by atoms with Crippen LogP contribution in [0.25, 0.3) is 0 Å². The summed E-state index contributed by atoms with van der Waals surface area (Å²) in [5.41, 5.74) is -4.89. The molecule has 0 saturated carbocycles. The highest BCUT2D eigenvalue weighted by molar-refractivity contribution is 7.85. The molecule has 0 saturated heterocycles. The Kier molecular flexibility index (Phi) is 3.52. The number of H-pyrrole nitrogens is 1. The largest absolute Gasteiger partial charge is 0.477 e. The first kappa shape index (κ1) is 12.5. The Morgan fingerprint density at radius 2 is 2.25 bits per heavy atom. The summed E-state index contributed by atoms with van der Waals surface area (Å²) >= 11 is 0. The van der Waals surface area contributed by atoms with E-state index >= 15 is 0 Å². The van der Waals surface area contributed by atoms with Crippen molar-refractivity contribution in [3.05, 3.63) is 6.07 Å². The van der Waals surface area contributed by atoms with Crippen LogP contribution in [-0.2, 0) is 10.8 Å². The van der Waals surface area contributed by atoms with Gasteiger partial charge in [-0.15, -0.1) is 5.10 Å². The lowest BCUT2D eigenvalue weighted by atomic mass is 10.7. The number of hydrogen-bond acceptors (Lipinski definition) is 4. The van der Waals surface area contributed by atoms with Crippen LogP contribution in [0.5, 0.6) is 5.88 Å². The van der Waals surface area contributed by atoms with Crippen LogP contribution in [-0.4, -0.2) is 33.1 Å². The van der Waals surface area contributed by atoms with E-state index in [0.29, 0.717) is 0 Å². The summed E-state index contributed by atoms with van der Waals surface area (Å²) in [6.45, 7) is 0. The molecule has 0 spiro atoms. The molecule has 0 aromatic carbocycles. The first-order valence-corrected chi connectivity index (χ1v) is 4.93. The van der Waals surface area contributed by atoms with E-state index in [2.05, 4.69) is 15.2 Å². The fourth-order valence-corrected chi connectivity index (χ4v) is 1.29. The third kappa shape index (κ3) is 2.95. The van der Waals surface area contributed by atoms with Gasteiger partial charge in [0.2, 0.25) is 5.88 Å². The Morgan fingerprint density at radius 3 is 2.75 bits per heavy atom. The van der Waals surface area contributed by atoms with Crippen LogP contribution < -0.4 is 10.1 Å². The topological polar surface area (TPSA) is 84.1 Å². The van der Waals surface area contributed by atoms with Gasteiger partial charge in [0, 0.05) is 13.1 Å². The SMILES string of the molecule is CNC(=O)Oc1cc(S(=O)C(F)(F)F)[nH]n1. The second-order valence-corrected chi connectivity index (χ2v) is 3.86. The molecule has 0 radical (unpaired) electrons. The Balaban J connectivity index is 2.80. The molecule has 0 aliphatic carbocycles. The van der Waals surface area contributed by atoms with Crippen LogP contribution in [0, 0.1) is 0 Å². The molecular formula is C6H6F3N3O3S. The summed E-state index contributed by atoms with van der Waals surface area (Å²) in [6.07, 6.45) is -0.893. The van der Waals surface area contributed by atoms with Gasteiger partial charge in [-0.25, -0.2) is 9.00 Å². The molecule has 1 heterocycles. The monoisotopic (exact) mass is 257 g/mol. The van der Waals surface area contributed by atoms with Crippen LogP contribution in [0.1, 0.15) is 0 Å². The van der Waals surface area contributed by atoms with Gasteiger partial charge in [-0.1, -0.05) is 0 Å². The Morgan fingerprint density at radius 1 is 1.62 bits per heavy atom. The number of alkyl halides is 3. The maximum Gasteiger partial charge on any atom is 0.477 e. The highest BCUT2D eigenvalue weighted by atomic mass is 32.2. The molecule has 1 aromatic rings. The van der Waals surface area contributed by atoms with Gasteiger partial charge in [-0.2, -0.15) is 13.2 Å². The molecule has 1 atom stereocenters. The molecule has 1 aromatic heterocycles. The van der Waals surface area contributed by atoms with Crippen molar-refractivity contribution in [2.45, 2.75) is 10.5 Å². The van der Waals surface area contributed by atoms with Gasteiger partial charge < -0.3 is 10.1 Å². The predicted octanol–water partition coefficient (Wildman–Crippen LogP) is 0.755. The maximum absolute atomic E-state index is 12.0. The van der Waals surface area contributed by atoms with Crippen LogP contribution in [0.4, 0.5) is 18.0 Å². The van der Waals surface area contributed by atoms with Crippen LogP contribution in [0.3, 0.4) is 0 Å². The summed E-state index contributed by atoms with van der Waals surface area (Å²) in [5.74, 6) is -0.396. The van der Waals surface area contributed by atoms with Crippen LogP contribution in [0.2, 0.25) is 0 Å². The second kappa shape index (κ2) is 4.51. The normalized spacial score (nSPS) is 13.2. The summed E-state index contributed by atoms with van der Waals surface area (Å²) in [5, 5.41) is 6.48. The molecule has 1 amide bonds. The summed E-state index contributed by atoms with van der Waals surface area (Å²) < 4.78 is 51.2. The third-order valence-corrected chi connectivity index (χ3v) is 2.37. The fourth-order valence-electron chi connectivity index (χ4n) is 0.705. The number of amides is 1. The number of halogens is 3. The smallest absolute Gasteiger partial charge is 0.390 e. The van der Waals surface area contributed by atoms with Crippen molar-refractivity contribution < 1.29 is 26.9 Å². The quantitative estimate of drug-likeness (QED) is 0.819. The van der Waals surface area contributed by atoms with Crippen LogP contribution in [0.15, 0.2) is 11.1 Å². The molecular weight excluding hydrogens is 251 g/mol. The van der Waals surface area contributed by atoms with E-state index in [1.165, 1.54) is 7.05 Å². The highest BCUT2D eigenvalue weighted by Gasteiger charge is 2.39. The zero-order chi connectivity index (χ0) is 12.3. The lowest BCUT2D eigenvalue weighted by molar-refractivity contribution is -0.0386. The minimum atomic E-state index is -4.89. The van der Waals surface area contributed by atoms with Gasteiger partial charge in [0.25, 0.3) is 0 Å². The van der Waals surface area contributed by atoms with Crippen molar-refractivity contribution in [2.24, 2.45) is 0 Å². The average Bonchev–Trinajstić information content (AvgIpc) is 2.63. The zero-order valence-corrected chi connectivity index (χ0v) is 8.61. The molecule has 16 heavy (non-hydrogen) atoms. The molecule has 2 N–H and O–H groups in total. The number of aromatic nitrogens is 2. The first-order valence-electron chi connectivity index (χ1n) is 3.78. The highest BCUT2D eigenvalue weighted by Crippen LogP contribution is 2.26. The second-order valence-electron chi connectivity index (χ2n) is 2.42. The van der Waals surface area contributed by atoms with Gasteiger partial charge in [-0.3, -0.25) is 5.10 Å². The number of carbonyl (C=O) groups excluding carboxylic acids is 1. The number of carbonyl (C=O) groups is 1. The molecule has 0 aliphatic heterocycles. The molecule has 10 heteroatoms. The van der Waals surface area contributed by atoms with Gasteiger partial charge in [0.05, 0.1) is 0 Å². The number of hydrogen-bond donors (Lipinski definition) is 2. The van der Waals surface area contributed by atoms with E-state index in [-0.39, 0.29) is 0 Å². The summed E-state index contributed by atoms with van der Waals surface area (Å²) in [7, 11) is -1.96. The molecule has 0 fully saturated rings. The lowest BCUT2D eigenvalue weighted by Gasteiger charge is -2.01. The standard InChI is InChI=1S/C6H6F3N3O3S/c1-10-5(13)15-3-2-4(12-11-3)16(14)6(7,8)9/h2H,1H3,(H,10,13)(H,11,12). The van der Waals surface area contributed by atoms with Crippen molar-refractivity contribution in [2.75, 3.05) is 7.05 Å². The number of nitrogens with one attached hydrogen (secondary N) is 2. The maximum atomic E-state index is 12.0. The van der Waals surface area contributed by atoms with Gasteiger partial charge in [0.1, 0.15) is 5.03 Å². The lowest BCUT2D eigenvalue weighted by Crippen LogP contribution is -2.22. The summed E-state index contributed by atoms with van der Waals surface area (Å²) in [6, 6.07) is 0.735. The third-order valence-electron chi connectivity index (χ3n) is 1.34. The number of nitrogens with zero attached hydrogens (tertiary/aromatic N) is 1. The molecule has 90 valence electrons. The van der Waals surface area contributed by atoms with Gasteiger partial charge >= 0.3 is 11.6 Å². The fraction of sp³-hybridized carbons (Fsp3) is 0.333. The molecule has 0 aliphatic rings. The first-order chi connectivity index (χ1) is 7.34. The summed E-state index contributed by atoms with van der Waals surface area (Å²) in [4.78, 5) is 10.7. The van der Waals surface area contributed by atoms with E-state index in [0.717, 1.165) is 6.07 Å². The van der Waals surface area contributed by atoms with E-state index in [1.807, 2.05) is 5.10 Å². The van der Waals surface area contributed by atoms with Crippen molar-refractivity contribution in [1.29, 1.82) is 0 Å². The van der Waals surface area contributed by atoms with Crippen LogP contribution >= 0.6 is 0 Å². The minimum Gasteiger partial charge on any atom is -0.390 e. The van der Waals surface area contributed by atoms with Gasteiger partial charge in [0.15, 0.2) is 10.8 Å². The van der Waals surface area contributed by atoms with Gasteiger partial charge in [-0.05, 0) is 0 Å². The van der Waals surface area contributed by atoms with Crippen molar-refractivity contribution >= 4 is 16.9 Å². The zero-order valence-electron chi connectivity index (χ0n) is 7.79. The predicted molar refractivity (Wildman–Crippen MR) is 46.1 cm³/mol. The molecule has 1 rings (SSSR count). The van der Waals surface area contributed by atoms with Crippen molar-refractivity contribution in [3.8, 4) is 5.88 Å². The average molecular weight is 257 g/mol. The molecule has 6 nitrogen and oxygen atoms in total. The Labute approximate surface area is 89.6 Å². The van der Waals surface area contributed by atoms with E-state index in [4.69, 9.17) is 0 Å². The van der Waals surface area contributed by atoms with E-state index < -0.39 is 33.3 Å². The Hall–Kier alpha value is -1.58. The van der Waals surface area contributed by atoms with Crippen molar-refractivity contribution in [3.63, 3.8) is 0 Å². The molecule has 1 unspecified atom stereocenters. The number of ether oxygens (including phenoxy) is 1. The van der Waals surface area contributed by atoms with E-state index in [9.17, 15) is 22.2 Å². The number of rotatable bonds is 2. The Bertz CT molecular complexity index is 417. The number of aromatic amines is 1. The van der Waals surface area contributed by atoms with E-state index in [1.54, 1.807) is 0 Å². The van der Waals surface area contributed by atoms with Crippen molar-refractivity contribution in [1.82, 2.24) is 15.5 Å².